The van der Waals surface area contributed by atoms with Crippen molar-refractivity contribution in [1.29, 1.82) is 0 Å². The van der Waals surface area contributed by atoms with Crippen LogP contribution < -0.4 is 0 Å². The van der Waals surface area contributed by atoms with Gasteiger partial charge in [0.2, 0.25) is 0 Å². The van der Waals surface area contributed by atoms with Gasteiger partial charge in [-0.15, -0.1) is 0 Å². The highest BCUT2D eigenvalue weighted by molar-refractivity contribution is 4.83. The average Bonchev–Trinajstić information content (AvgIpc) is 2.15. The van der Waals surface area contributed by atoms with Gasteiger partial charge in [-0.3, -0.25) is 0 Å². The SMILES string of the molecule is CCN(C)CC(C)(CC)C(C)C(C)C. The maximum Gasteiger partial charge on any atom is 0.00347 e. The van der Waals surface area contributed by atoms with Crippen molar-refractivity contribution in [3.63, 3.8) is 0 Å². The van der Waals surface area contributed by atoms with Gasteiger partial charge in [0.25, 0.3) is 0 Å². The molecule has 0 aliphatic carbocycles. The summed E-state index contributed by atoms with van der Waals surface area (Å²) in [4.78, 5) is 2.43. The average molecular weight is 199 g/mol. The van der Waals surface area contributed by atoms with Gasteiger partial charge >= 0.3 is 0 Å². The van der Waals surface area contributed by atoms with Crippen molar-refractivity contribution >= 4 is 0 Å². The first-order chi connectivity index (χ1) is 6.37. The molecule has 1 nitrogen and oxygen atoms in total. The van der Waals surface area contributed by atoms with Gasteiger partial charge in [0, 0.05) is 6.54 Å². The van der Waals surface area contributed by atoms with Crippen molar-refractivity contribution in [3.05, 3.63) is 0 Å². The van der Waals surface area contributed by atoms with Crippen molar-refractivity contribution in [2.75, 3.05) is 20.1 Å². The highest BCUT2D eigenvalue weighted by atomic mass is 15.1. The van der Waals surface area contributed by atoms with Crippen LogP contribution in [-0.2, 0) is 0 Å². The van der Waals surface area contributed by atoms with Crippen LogP contribution in [0.2, 0.25) is 0 Å². The number of hydrogen-bond acceptors (Lipinski definition) is 1. The summed E-state index contributed by atoms with van der Waals surface area (Å²) in [5.74, 6) is 1.58. The van der Waals surface area contributed by atoms with Crippen LogP contribution in [0.3, 0.4) is 0 Å². The highest BCUT2D eigenvalue weighted by Gasteiger charge is 2.31. The van der Waals surface area contributed by atoms with Crippen LogP contribution in [0.15, 0.2) is 0 Å². The Morgan fingerprint density at radius 1 is 1.14 bits per heavy atom. The second-order valence-corrected chi connectivity index (χ2v) is 5.37. The largest absolute Gasteiger partial charge is 0.306 e. The predicted octanol–water partition coefficient (Wildman–Crippen LogP) is 3.65. The van der Waals surface area contributed by atoms with E-state index in [-0.39, 0.29) is 0 Å². The summed E-state index contributed by atoms with van der Waals surface area (Å²) in [7, 11) is 2.22. The van der Waals surface area contributed by atoms with E-state index in [9.17, 15) is 0 Å². The second-order valence-electron chi connectivity index (χ2n) is 5.37. The lowest BCUT2D eigenvalue weighted by molar-refractivity contribution is 0.0940. The molecule has 0 aromatic carbocycles. The van der Waals surface area contributed by atoms with E-state index < -0.39 is 0 Å². The maximum atomic E-state index is 2.43. The molecule has 0 spiro atoms. The van der Waals surface area contributed by atoms with Crippen molar-refractivity contribution in [1.82, 2.24) is 4.90 Å². The Bertz CT molecular complexity index is 153. The van der Waals surface area contributed by atoms with E-state index in [1.54, 1.807) is 0 Å². The Labute approximate surface area is 90.9 Å². The Morgan fingerprint density at radius 3 is 1.93 bits per heavy atom. The summed E-state index contributed by atoms with van der Waals surface area (Å²) in [5, 5.41) is 0. The smallest absolute Gasteiger partial charge is 0.00347 e. The molecule has 0 saturated heterocycles. The van der Waals surface area contributed by atoms with Gasteiger partial charge in [-0.1, -0.05) is 41.5 Å². The van der Waals surface area contributed by atoms with E-state index in [0.717, 1.165) is 18.4 Å². The second kappa shape index (κ2) is 5.75. The van der Waals surface area contributed by atoms with Crippen molar-refractivity contribution < 1.29 is 0 Å². The standard InChI is InChI=1S/C13H29N/c1-8-13(6,10-14(7)9-2)12(5)11(3)4/h11-12H,8-10H2,1-7H3. The van der Waals surface area contributed by atoms with Crippen LogP contribution in [0.1, 0.15) is 48.0 Å². The molecule has 14 heavy (non-hydrogen) atoms. The molecule has 2 atom stereocenters. The van der Waals surface area contributed by atoms with Gasteiger partial charge in [-0.05, 0) is 37.3 Å². The topological polar surface area (TPSA) is 3.24 Å². The molecule has 0 aliphatic heterocycles. The lowest BCUT2D eigenvalue weighted by Crippen LogP contribution is -2.39. The molecular formula is C13H29N. The molecule has 0 amide bonds. The van der Waals surface area contributed by atoms with Gasteiger partial charge < -0.3 is 4.90 Å². The molecule has 0 aliphatic rings. The van der Waals surface area contributed by atoms with Crippen molar-refractivity contribution in [3.8, 4) is 0 Å². The van der Waals surface area contributed by atoms with Crippen LogP contribution in [-0.4, -0.2) is 25.0 Å². The molecule has 0 fully saturated rings. The summed E-state index contributed by atoms with van der Waals surface area (Å²) in [6, 6.07) is 0. The van der Waals surface area contributed by atoms with E-state index in [2.05, 4.69) is 53.5 Å². The molecule has 0 bridgehead atoms. The Balaban J connectivity index is 4.45. The minimum atomic E-state index is 0.471. The molecule has 0 aromatic heterocycles. The quantitative estimate of drug-likeness (QED) is 0.631. The lowest BCUT2D eigenvalue weighted by Gasteiger charge is -2.40. The predicted molar refractivity (Wildman–Crippen MR) is 65.6 cm³/mol. The van der Waals surface area contributed by atoms with Gasteiger partial charge in [-0.25, -0.2) is 0 Å². The Morgan fingerprint density at radius 2 is 1.64 bits per heavy atom. The molecule has 0 aromatic rings. The number of nitrogens with zero attached hydrogens (tertiary/aromatic N) is 1. The minimum Gasteiger partial charge on any atom is -0.306 e. The van der Waals surface area contributed by atoms with Crippen molar-refractivity contribution in [2.24, 2.45) is 17.3 Å². The normalized spacial score (nSPS) is 18.6. The van der Waals surface area contributed by atoms with Gasteiger partial charge in [-0.2, -0.15) is 0 Å². The monoisotopic (exact) mass is 199 g/mol. The van der Waals surface area contributed by atoms with Gasteiger partial charge in [0.05, 0.1) is 0 Å². The van der Waals surface area contributed by atoms with Crippen LogP contribution >= 0.6 is 0 Å². The summed E-state index contributed by atoms with van der Waals surface area (Å²) in [5.41, 5.74) is 0.471. The third-order valence-corrected chi connectivity index (χ3v) is 4.08. The van der Waals surface area contributed by atoms with Crippen LogP contribution in [0.4, 0.5) is 0 Å². The summed E-state index contributed by atoms with van der Waals surface area (Å²) < 4.78 is 0. The minimum absolute atomic E-state index is 0.471. The number of rotatable bonds is 6. The molecular weight excluding hydrogens is 170 g/mol. The first kappa shape index (κ1) is 14.0. The highest BCUT2D eigenvalue weighted by Crippen LogP contribution is 2.36. The fourth-order valence-electron chi connectivity index (χ4n) is 2.11. The van der Waals surface area contributed by atoms with Crippen LogP contribution in [0.25, 0.3) is 0 Å². The zero-order valence-electron chi connectivity index (χ0n) is 11.2. The third kappa shape index (κ3) is 3.61. The van der Waals surface area contributed by atoms with E-state index in [4.69, 9.17) is 0 Å². The molecule has 86 valence electrons. The summed E-state index contributed by atoms with van der Waals surface area (Å²) in [6.07, 6.45) is 1.27. The molecule has 0 N–H and O–H groups in total. The van der Waals surface area contributed by atoms with E-state index >= 15 is 0 Å². The van der Waals surface area contributed by atoms with E-state index in [1.165, 1.54) is 13.0 Å². The molecule has 2 unspecified atom stereocenters. The summed E-state index contributed by atoms with van der Waals surface area (Å²) in [6.45, 7) is 16.4. The molecule has 0 heterocycles. The van der Waals surface area contributed by atoms with E-state index in [1.807, 2.05) is 0 Å². The van der Waals surface area contributed by atoms with E-state index in [0.29, 0.717) is 5.41 Å². The zero-order chi connectivity index (χ0) is 11.4. The summed E-state index contributed by atoms with van der Waals surface area (Å²) >= 11 is 0. The van der Waals surface area contributed by atoms with Crippen LogP contribution in [0.5, 0.6) is 0 Å². The zero-order valence-corrected chi connectivity index (χ0v) is 11.2. The Kier molecular flexibility index (Phi) is 5.73. The van der Waals surface area contributed by atoms with Crippen molar-refractivity contribution in [2.45, 2.75) is 48.0 Å². The molecule has 0 saturated carbocycles. The fraction of sp³-hybridized carbons (Fsp3) is 1.00. The molecule has 0 rings (SSSR count). The van der Waals surface area contributed by atoms with Gasteiger partial charge in [0.1, 0.15) is 0 Å². The first-order valence-electron chi connectivity index (χ1n) is 6.06. The maximum absolute atomic E-state index is 2.43. The third-order valence-electron chi connectivity index (χ3n) is 4.08. The molecule has 0 radical (unpaired) electrons. The van der Waals surface area contributed by atoms with Gasteiger partial charge in [0.15, 0.2) is 0 Å². The lowest BCUT2D eigenvalue weighted by atomic mass is 9.70. The molecule has 1 heteroatoms. The number of hydrogen-bond donors (Lipinski definition) is 0. The van der Waals surface area contributed by atoms with Crippen LogP contribution in [0, 0.1) is 17.3 Å². The first-order valence-corrected chi connectivity index (χ1v) is 6.06. The fourth-order valence-corrected chi connectivity index (χ4v) is 2.11. The Hall–Kier alpha value is -0.0400.